The van der Waals surface area contributed by atoms with E-state index < -0.39 is 49.6 Å². The second-order valence-electron chi connectivity index (χ2n) is 10.3. The molecule has 0 amide bonds. The summed E-state index contributed by atoms with van der Waals surface area (Å²) >= 11 is 0. The molecular formula is C29H43GdN4O11. The predicted molar refractivity (Wildman–Crippen MR) is 150 cm³/mol. The molecule has 15 nitrogen and oxygen atoms in total. The number of carbonyl (C=O) groups is 4. The molecule has 0 unspecified atom stereocenters. The summed E-state index contributed by atoms with van der Waals surface area (Å²) in [5, 5.41) is 44.3. The van der Waals surface area contributed by atoms with Crippen molar-refractivity contribution in [2.75, 3.05) is 105 Å². The Labute approximate surface area is 295 Å². The third-order valence-corrected chi connectivity index (χ3v) is 7.08. The minimum absolute atomic E-state index is 0. The van der Waals surface area contributed by atoms with E-state index in [2.05, 4.69) is 0 Å². The summed E-state index contributed by atoms with van der Waals surface area (Å²) in [4.78, 5) is 52.9. The zero-order valence-corrected chi connectivity index (χ0v) is 27.8. The molecule has 1 heterocycles. The molecule has 1 aromatic carbocycles. The Kier molecular flexibility index (Phi) is 21.3. The fourth-order valence-corrected chi connectivity index (χ4v) is 4.79. The summed E-state index contributed by atoms with van der Waals surface area (Å²) in [5.74, 6) is -4.43. The smallest absolute Gasteiger partial charge is 0.549 e. The average Bonchev–Trinajstić information content (AvgIpc) is 2.95. The van der Waals surface area contributed by atoms with Gasteiger partial charge in [0.15, 0.2) is 0 Å². The van der Waals surface area contributed by atoms with E-state index in [-0.39, 0.29) is 98.7 Å². The molecule has 1 aliphatic rings. The molecule has 2 rings (SSSR count). The van der Waals surface area contributed by atoms with Gasteiger partial charge in [-0.05, 0) is 31.0 Å². The van der Waals surface area contributed by atoms with Gasteiger partial charge in [0.05, 0.1) is 37.7 Å². The van der Waals surface area contributed by atoms with E-state index in [9.17, 15) is 39.6 Å². The van der Waals surface area contributed by atoms with Crippen molar-refractivity contribution >= 4 is 23.9 Å². The van der Waals surface area contributed by atoms with Gasteiger partial charge in [-0.15, -0.1) is 0 Å². The van der Waals surface area contributed by atoms with Crippen molar-refractivity contribution in [3.63, 3.8) is 0 Å². The maximum absolute atomic E-state index is 12.5. The van der Waals surface area contributed by atoms with Gasteiger partial charge in [0.25, 0.3) is 0 Å². The minimum Gasteiger partial charge on any atom is -0.549 e. The van der Waals surface area contributed by atoms with Gasteiger partial charge in [-0.25, -0.2) is 0 Å². The van der Waals surface area contributed by atoms with Crippen molar-refractivity contribution < 1.29 is 93.8 Å². The second kappa shape index (κ2) is 23.3. The van der Waals surface area contributed by atoms with Gasteiger partial charge in [-0.1, -0.05) is 12.1 Å². The van der Waals surface area contributed by atoms with E-state index in [1.165, 1.54) is 0 Å². The maximum atomic E-state index is 12.5. The summed E-state index contributed by atoms with van der Waals surface area (Å²) in [7, 11) is 0. The number of carbonyl (C=O) groups excluding carboxylic acids is 3. The van der Waals surface area contributed by atoms with Crippen LogP contribution in [0.2, 0.25) is 0 Å². The first kappa shape index (κ1) is 41.0. The summed E-state index contributed by atoms with van der Waals surface area (Å²) in [5.41, 5.74) is 0.736. The van der Waals surface area contributed by atoms with Crippen LogP contribution in [0.15, 0.2) is 24.3 Å². The van der Waals surface area contributed by atoms with E-state index in [1.807, 2.05) is 6.92 Å². The van der Waals surface area contributed by atoms with E-state index in [0.717, 1.165) is 5.56 Å². The Bertz CT molecular complexity index is 1000. The molecule has 0 saturated carbocycles. The van der Waals surface area contributed by atoms with Crippen LogP contribution in [0.1, 0.15) is 12.5 Å². The Balaban J connectivity index is 0.0000101. The molecule has 1 fully saturated rings. The van der Waals surface area contributed by atoms with Crippen molar-refractivity contribution in [1.29, 1.82) is 0 Å². The maximum Gasteiger partial charge on any atom is 3.00 e. The summed E-state index contributed by atoms with van der Waals surface area (Å²) in [6, 6.07) is 6.04. The number of hydrogen-bond acceptors (Lipinski definition) is 14. The van der Waals surface area contributed by atoms with Crippen LogP contribution in [-0.2, 0) is 35.1 Å². The molecule has 253 valence electrons. The predicted octanol–water partition coefficient (Wildman–Crippen LogP) is -4.41. The molecule has 1 saturated heterocycles. The van der Waals surface area contributed by atoms with Crippen LogP contribution in [0, 0.1) is 39.9 Å². The van der Waals surface area contributed by atoms with Crippen LogP contribution in [0.25, 0.3) is 0 Å². The molecule has 0 aliphatic carbocycles. The third kappa shape index (κ3) is 18.0. The normalized spacial score (nSPS) is 16.9. The molecule has 1 radical (unpaired) electrons. The molecule has 1 aliphatic heterocycles. The van der Waals surface area contributed by atoms with Crippen molar-refractivity contribution in [2.45, 2.75) is 19.4 Å². The summed E-state index contributed by atoms with van der Waals surface area (Å²) in [6.45, 7) is 4.37. The monoisotopic (exact) mass is 781 g/mol. The number of ether oxygens (including phenoxy) is 3. The SMILES string of the molecule is CCOCCOCCOc1ccc(C[C@@H](C(=O)O)N2CCN(CC(=O)[O-])CCN(CC(=O)[O-])CCN(CC(=O)[O-])CC2)cc1.[Gd+3]. The zero-order chi connectivity index (χ0) is 32.3. The van der Waals surface area contributed by atoms with Crippen molar-refractivity contribution in [3.8, 4) is 5.75 Å². The van der Waals surface area contributed by atoms with Crippen LogP contribution in [0.4, 0.5) is 0 Å². The van der Waals surface area contributed by atoms with Crippen LogP contribution >= 0.6 is 0 Å². The number of nitrogens with zero attached hydrogens (tertiary/aromatic N) is 4. The van der Waals surface area contributed by atoms with Gasteiger partial charge in [-0.2, -0.15) is 0 Å². The molecule has 45 heavy (non-hydrogen) atoms. The number of aliphatic carboxylic acids is 4. The van der Waals surface area contributed by atoms with Crippen molar-refractivity contribution in [3.05, 3.63) is 29.8 Å². The first-order valence-electron chi connectivity index (χ1n) is 14.7. The molecule has 1 aromatic rings. The van der Waals surface area contributed by atoms with Crippen molar-refractivity contribution in [2.24, 2.45) is 0 Å². The number of benzene rings is 1. The Morgan fingerprint density at radius 3 is 1.56 bits per heavy atom. The third-order valence-electron chi connectivity index (χ3n) is 7.08. The van der Waals surface area contributed by atoms with Crippen LogP contribution in [0.3, 0.4) is 0 Å². The molecular weight excluding hydrogens is 738 g/mol. The first-order chi connectivity index (χ1) is 21.1. The van der Waals surface area contributed by atoms with Crippen LogP contribution < -0.4 is 20.1 Å². The summed E-state index contributed by atoms with van der Waals surface area (Å²) < 4.78 is 16.3. The van der Waals surface area contributed by atoms with Gasteiger partial charge in [0.2, 0.25) is 0 Å². The standard InChI is InChI=1S/C29H46N4O11.Gd/c1-2-42-15-16-43-17-18-44-24-5-3-23(4-6-24)19-25(29(40)41)33-13-11-31(21-27(36)37)9-7-30(20-26(34)35)8-10-32(12-14-33)22-28(38)39;/h3-6,25H,2,7-22H2,1H3,(H,34,35)(H,36,37)(H,38,39)(H,40,41);/q;+3/p-3/t25-;/m0./s1. The van der Waals surface area contributed by atoms with Gasteiger partial charge < -0.3 is 49.0 Å². The number of rotatable bonds is 18. The molecule has 1 atom stereocenters. The largest absolute Gasteiger partial charge is 3.00 e. The Morgan fingerprint density at radius 2 is 1.13 bits per heavy atom. The van der Waals surface area contributed by atoms with E-state index >= 15 is 0 Å². The van der Waals surface area contributed by atoms with E-state index in [4.69, 9.17) is 14.2 Å². The van der Waals surface area contributed by atoms with Gasteiger partial charge in [0.1, 0.15) is 18.4 Å². The van der Waals surface area contributed by atoms with Gasteiger partial charge in [-0.3, -0.25) is 24.4 Å². The molecule has 0 aromatic heterocycles. The summed E-state index contributed by atoms with van der Waals surface area (Å²) in [6.07, 6.45) is 0.135. The number of hydrogen-bond donors (Lipinski definition) is 1. The Hall–Kier alpha value is -2.02. The quantitative estimate of drug-likeness (QED) is 0.140. The van der Waals surface area contributed by atoms with Gasteiger partial charge >= 0.3 is 45.9 Å². The first-order valence-corrected chi connectivity index (χ1v) is 14.7. The molecule has 1 N–H and O–H groups in total. The van der Waals surface area contributed by atoms with E-state index in [1.54, 1.807) is 43.9 Å². The molecule has 0 spiro atoms. The van der Waals surface area contributed by atoms with Crippen LogP contribution in [0.5, 0.6) is 5.75 Å². The minimum atomic E-state index is -1.32. The number of carboxylic acids is 4. The number of carboxylic acid groups (broad SMARTS) is 4. The average molecular weight is 781 g/mol. The second-order valence-corrected chi connectivity index (χ2v) is 10.3. The molecule has 0 bridgehead atoms. The van der Waals surface area contributed by atoms with Gasteiger partial charge in [0, 0.05) is 78.6 Å². The molecule has 16 heteroatoms. The van der Waals surface area contributed by atoms with Crippen LogP contribution in [-0.4, -0.2) is 160 Å². The fourth-order valence-electron chi connectivity index (χ4n) is 4.79. The topological polar surface area (TPSA) is 198 Å². The van der Waals surface area contributed by atoms with E-state index in [0.29, 0.717) is 38.8 Å². The fraction of sp³-hybridized carbons (Fsp3) is 0.655. The van der Waals surface area contributed by atoms with Crippen molar-refractivity contribution in [1.82, 2.24) is 19.6 Å². The zero-order valence-electron chi connectivity index (χ0n) is 25.6. The Morgan fingerprint density at radius 1 is 0.711 bits per heavy atom.